The third-order valence-electron chi connectivity index (χ3n) is 5.78. The van der Waals surface area contributed by atoms with Gasteiger partial charge in [0.1, 0.15) is 12.6 Å². The zero-order valence-electron chi connectivity index (χ0n) is 20.4. The average Bonchev–Trinajstić information content (AvgIpc) is 2.78. The van der Waals surface area contributed by atoms with E-state index >= 15 is 0 Å². The van der Waals surface area contributed by atoms with Crippen molar-refractivity contribution in [2.75, 3.05) is 17.1 Å². The first-order chi connectivity index (χ1) is 16.0. The Balaban J connectivity index is 2.44. The number of carbonyl (C=O) groups is 2. The molecule has 0 spiro atoms. The van der Waals surface area contributed by atoms with E-state index in [-0.39, 0.29) is 18.5 Å². The molecule has 2 aromatic carbocycles. The standard InChI is InChI=1S/C25H34BrN3O4S/c1-6-19(4)27-25(31)23(7-2)28(16-20-11-9-8-10-18(20)3)24(30)17-29(34(5,32)33)22-14-12-21(26)13-15-22/h8-15,19,23H,6-7,16-17H2,1-5H3,(H,27,31)/t19-,23+/m0/s1. The lowest BCUT2D eigenvalue weighted by molar-refractivity contribution is -0.140. The molecule has 0 unspecified atom stereocenters. The number of nitrogens with zero attached hydrogens (tertiary/aromatic N) is 2. The average molecular weight is 553 g/mol. The number of sulfonamides is 1. The monoisotopic (exact) mass is 551 g/mol. The summed E-state index contributed by atoms with van der Waals surface area (Å²) >= 11 is 3.35. The zero-order valence-corrected chi connectivity index (χ0v) is 22.8. The Bertz CT molecular complexity index is 1090. The molecule has 0 bridgehead atoms. The summed E-state index contributed by atoms with van der Waals surface area (Å²) in [7, 11) is -3.75. The maximum atomic E-state index is 13.6. The fraction of sp³-hybridized carbons (Fsp3) is 0.440. The Labute approximate surface area is 211 Å². The highest BCUT2D eigenvalue weighted by atomic mass is 79.9. The second-order valence-electron chi connectivity index (χ2n) is 8.44. The molecule has 0 aliphatic heterocycles. The summed E-state index contributed by atoms with van der Waals surface area (Å²) in [6, 6.07) is 13.6. The van der Waals surface area contributed by atoms with E-state index in [1.807, 2.05) is 52.0 Å². The molecule has 0 fully saturated rings. The van der Waals surface area contributed by atoms with Gasteiger partial charge in [0.25, 0.3) is 0 Å². The molecule has 2 aromatic rings. The van der Waals surface area contributed by atoms with Crippen LogP contribution in [-0.2, 0) is 26.2 Å². The van der Waals surface area contributed by atoms with Crippen LogP contribution in [0.1, 0.15) is 44.7 Å². The van der Waals surface area contributed by atoms with E-state index in [1.165, 1.54) is 4.90 Å². The molecule has 0 saturated carbocycles. The Kier molecular flexibility index (Phi) is 10.1. The number of halogens is 1. The van der Waals surface area contributed by atoms with Crippen LogP contribution in [0.3, 0.4) is 0 Å². The summed E-state index contributed by atoms with van der Waals surface area (Å²) in [5.41, 5.74) is 2.28. The van der Waals surface area contributed by atoms with Crippen LogP contribution in [0.5, 0.6) is 0 Å². The summed E-state index contributed by atoms with van der Waals surface area (Å²) in [4.78, 5) is 28.3. The number of carbonyl (C=O) groups excluding carboxylic acids is 2. The molecule has 186 valence electrons. The van der Waals surface area contributed by atoms with Crippen molar-refractivity contribution < 1.29 is 18.0 Å². The Morgan fingerprint density at radius 2 is 1.65 bits per heavy atom. The zero-order chi connectivity index (χ0) is 25.5. The predicted octanol–water partition coefficient (Wildman–Crippen LogP) is 4.25. The first-order valence-electron chi connectivity index (χ1n) is 11.4. The summed E-state index contributed by atoms with van der Waals surface area (Å²) in [6.45, 7) is 7.49. The molecular formula is C25H34BrN3O4S. The first kappa shape index (κ1) is 27.9. The molecule has 0 aliphatic rings. The number of anilines is 1. The second kappa shape index (κ2) is 12.4. The van der Waals surface area contributed by atoms with Gasteiger partial charge in [0.15, 0.2) is 0 Å². The molecule has 0 saturated heterocycles. The van der Waals surface area contributed by atoms with Crippen LogP contribution < -0.4 is 9.62 Å². The van der Waals surface area contributed by atoms with Gasteiger partial charge in [-0.3, -0.25) is 13.9 Å². The number of benzene rings is 2. The Morgan fingerprint density at radius 1 is 1.03 bits per heavy atom. The van der Waals surface area contributed by atoms with Gasteiger partial charge in [-0.05, 0) is 62.1 Å². The summed E-state index contributed by atoms with van der Waals surface area (Å²) in [5, 5.41) is 2.97. The van der Waals surface area contributed by atoms with Gasteiger partial charge in [-0.1, -0.05) is 54.0 Å². The number of hydrogen-bond donors (Lipinski definition) is 1. The smallest absolute Gasteiger partial charge is 0.244 e. The first-order valence-corrected chi connectivity index (χ1v) is 14.0. The van der Waals surface area contributed by atoms with Crippen molar-refractivity contribution in [3.8, 4) is 0 Å². The number of aryl methyl sites for hydroxylation is 1. The minimum Gasteiger partial charge on any atom is -0.352 e. The van der Waals surface area contributed by atoms with Gasteiger partial charge in [0.2, 0.25) is 21.8 Å². The third-order valence-corrected chi connectivity index (χ3v) is 7.45. The van der Waals surface area contributed by atoms with Gasteiger partial charge < -0.3 is 10.2 Å². The highest BCUT2D eigenvalue weighted by Crippen LogP contribution is 2.22. The van der Waals surface area contributed by atoms with Crippen molar-refractivity contribution in [1.82, 2.24) is 10.2 Å². The molecule has 0 heterocycles. The Hall–Kier alpha value is -2.39. The summed E-state index contributed by atoms with van der Waals surface area (Å²) in [6.07, 6.45) is 2.23. The topological polar surface area (TPSA) is 86.8 Å². The molecular weight excluding hydrogens is 518 g/mol. The molecule has 2 rings (SSSR count). The molecule has 2 atom stereocenters. The van der Waals surface area contributed by atoms with Crippen molar-refractivity contribution >= 4 is 43.5 Å². The summed E-state index contributed by atoms with van der Waals surface area (Å²) in [5.74, 6) is -0.684. The van der Waals surface area contributed by atoms with E-state index < -0.39 is 28.5 Å². The highest BCUT2D eigenvalue weighted by molar-refractivity contribution is 9.10. The Morgan fingerprint density at radius 3 is 2.18 bits per heavy atom. The second-order valence-corrected chi connectivity index (χ2v) is 11.3. The number of hydrogen-bond acceptors (Lipinski definition) is 4. The van der Waals surface area contributed by atoms with E-state index in [0.717, 1.165) is 32.6 Å². The van der Waals surface area contributed by atoms with Gasteiger partial charge in [-0.15, -0.1) is 0 Å². The van der Waals surface area contributed by atoms with E-state index in [9.17, 15) is 18.0 Å². The van der Waals surface area contributed by atoms with E-state index in [2.05, 4.69) is 21.2 Å². The van der Waals surface area contributed by atoms with Crippen LogP contribution in [0.2, 0.25) is 0 Å². The number of nitrogens with one attached hydrogen (secondary N) is 1. The SMILES string of the molecule is CC[C@H](C(=O)N[C@@H](C)CC)N(Cc1ccccc1C)C(=O)CN(c1ccc(Br)cc1)S(C)(=O)=O. The normalized spacial score (nSPS) is 13.1. The van der Waals surface area contributed by atoms with Gasteiger partial charge in [0.05, 0.1) is 11.9 Å². The predicted molar refractivity (Wildman–Crippen MR) is 140 cm³/mol. The van der Waals surface area contributed by atoms with Crippen LogP contribution in [-0.4, -0.2) is 50.0 Å². The highest BCUT2D eigenvalue weighted by Gasteiger charge is 2.32. The van der Waals surface area contributed by atoms with Crippen LogP contribution in [0.25, 0.3) is 0 Å². The molecule has 2 amide bonds. The fourth-order valence-electron chi connectivity index (χ4n) is 3.55. The van der Waals surface area contributed by atoms with Crippen molar-refractivity contribution in [1.29, 1.82) is 0 Å². The molecule has 0 radical (unpaired) electrons. The van der Waals surface area contributed by atoms with Crippen molar-refractivity contribution in [2.24, 2.45) is 0 Å². The molecule has 34 heavy (non-hydrogen) atoms. The van der Waals surface area contributed by atoms with Crippen molar-refractivity contribution in [2.45, 2.75) is 59.2 Å². The van der Waals surface area contributed by atoms with E-state index in [4.69, 9.17) is 0 Å². The van der Waals surface area contributed by atoms with Crippen molar-refractivity contribution in [3.63, 3.8) is 0 Å². The van der Waals surface area contributed by atoms with Crippen molar-refractivity contribution in [3.05, 3.63) is 64.1 Å². The fourth-order valence-corrected chi connectivity index (χ4v) is 4.67. The minimum atomic E-state index is -3.75. The third kappa shape index (κ3) is 7.56. The molecule has 0 aliphatic carbocycles. The summed E-state index contributed by atoms with van der Waals surface area (Å²) < 4.78 is 27.1. The quantitative estimate of drug-likeness (QED) is 0.452. The lowest BCUT2D eigenvalue weighted by Gasteiger charge is -2.33. The molecule has 1 N–H and O–H groups in total. The molecule has 0 aromatic heterocycles. The maximum absolute atomic E-state index is 13.6. The molecule has 9 heteroatoms. The van der Waals surface area contributed by atoms with Gasteiger partial charge in [0, 0.05) is 17.1 Å². The van der Waals surface area contributed by atoms with E-state index in [0.29, 0.717) is 12.1 Å². The number of rotatable bonds is 11. The number of amides is 2. The van der Waals surface area contributed by atoms with Crippen LogP contribution in [0, 0.1) is 6.92 Å². The minimum absolute atomic E-state index is 0.0350. The van der Waals surface area contributed by atoms with Crippen LogP contribution >= 0.6 is 15.9 Å². The lowest BCUT2D eigenvalue weighted by atomic mass is 10.1. The molecule has 7 nitrogen and oxygen atoms in total. The largest absolute Gasteiger partial charge is 0.352 e. The maximum Gasteiger partial charge on any atom is 0.244 e. The van der Waals surface area contributed by atoms with Gasteiger partial charge in [-0.25, -0.2) is 8.42 Å². The van der Waals surface area contributed by atoms with Gasteiger partial charge in [-0.2, -0.15) is 0 Å². The van der Waals surface area contributed by atoms with E-state index in [1.54, 1.807) is 24.3 Å². The van der Waals surface area contributed by atoms with Crippen LogP contribution in [0.15, 0.2) is 53.0 Å². The lowest BCUT2D eigenvalue weighted by Crippen LogP contribution is -2.53. The van der Waals surface area contributed by atoms with Crippen LogP contribution in [0.4, 0.5) is 5.69 Å². The van der Waals surface area contributed by atoms with Gasteiger partial charge >= 0.3 is 0 Å².